The zero-order valence-corrected chi connectivity index (χ0v) is 13.3. The van der Waals surface area contributed by atoms with Gasteiger partial charge in [0.05, 0.1) is 5.02 Å². The van der Waals surface area contributed by atoms with Crippen LogP contribution in [0.2, 0.25) is 5.02 Å². The van der Waals surface area contributed by atoms with Crippen LogP contribution in [0.1, 0.15) is 32.6 Å². The summed E-state index contributed by atoms with van der Waals surface area (Å²) in [6, 6.07) is 1.40. The molecule has 0 aliphatic heterocycles. The molecule has 1 aliphatic rings. The summed E-state index contributed by atoms with van der Waals surface area (Å²) in [5, 5.41) is 3.10. The second-order valence-electron chi connectivity index (χ2n) is 5.16. The van der Waals surface area contributed by atoms with E-state index < -0.39 is 10.0 Å². The lowest BCUT2D eigenvalue weighted by molar-refractivity contribution is 0.495. The molecule has 1 saturated carbocycles. The van der Waals surface area contributed by atoms with Crippen molar-refractivity contribution in [3.05, 3.63) is 17.3 Å². The van der Waals surface area contributed by atoms with Crippen LogP contribution < -0.4 is 10.0 Å². The van der Waals surface area contributed by atoms with Crippen LogP contribution in [0.15, 0.2) is 17.2 Å². The van der Waals surface area contributed by atoms with Crippen LogP contribution in [0.3, 0.4) is 0 Å². The van der Waals surface area contributed by atoms with Crippen molar-refractivity contribution in [3.8, 4) is 0 Å². The first-order valence-electron chi connectivity index (χ1n) is 6.82. The van der Waals surface area contributed by atoms with Gasteiger partial charge in [-0.15, -0.1) is 0 Å². The quantitative estimate of drug-likeness (QED) is 0.811. The zero-order valence-electron chi connectivity index (χ0n) is 11.7. The number of nitrogens with zero attached hydrogens (tertiary/aromatic N) is 1. The Balaban J connectivity index is 2.13. The van der Waals surface area contributed by atoms with Crippen molar-refractivity contribution >= 4 is 27.4 Å². The van der Waals surface area contributed by atoms with Gasteiger partial charge >= 0.3 is 0 Å². The van der Waals surface area contributed by atoms with E-state index in [9.17, 15) is 8.42 Å². The number of anilines is 1. The van der Waals surface area contributed by atoms with Gasteiger partial charge < -0.3 is 5.32 Å². The van der Waals surface area contributed by atoms with E-state index in [-0.39, 0.29) is 10.9 Å². The van der Waals surface area contributed by atoms with E-state index >= 15 is 0 Å². The molecule has 1 aromatic heterocycles. The van der Waals surface area contributed by atoms with E-state index in [2.05, 4.69) is 15.0 Å². The van der Waals surface area contributed by atoms with Crippen LogP contribution >= 0.6 is 11.6 Å². The van der Waals surface area contributed by atoms with Gasteiger partial charge in [0.15, 0.2) is 0 Å². The summed E-state index contributed by atoms with van der Waals surface area (Å²) in [6.45, 7) is 1.99. The van der Waals surface area contributed by atoms with Crippen molar-refractivity contribution in [3.63, 3.8) is 0 Å². The molecule has 112 valence electrons. The fourth-order valence-corrected chi connectivity index (χ4v) is 3.72. The van der Waals surface area contributed by atoms with Crippen LogP contribution in [-0.2, 0) is 10.0 Å². The first-order chi connectivity index (χ1) is 9.46. The summed E-state index contributed by atoms with van der Waals surface area (Å²) < 4.78 is 27.4. The van der Waals surface area contributed by atoms with Crippen LogP contribution in [0, 0.1) is 5.92 Å². The van der Waals surface area contributed by atoms with Crippen LogP contribution in [0.4, 0.5) is 5.82 Å². The van der Waals surface area contributed by atoms with Gasteiger partial charge in [-0.25, -0.2) is 18.1 Å². The third-order valence-corrected chi connectivity index (χ3v) is 5.27. The average Bonchev–Trinajstić information content (AvgIpc) is 3.21. The molecule has 1 unspecified atom stereocenters. The summed E-state index contributed by atoms with van der Waals surface area (Å²) in [5.41, 5.74) is 0. The fraction of sp³-hybridized carbons (Fsp3) is 0.615. The lowest BCUT2D eigenvalue weighted by Gasteiger charge is -2.17. The van der Waals surface area contributed by atoms with Crippen molar-refractivity contribution in [1.29, 1.82) is 0 Å². The predicted molar refractivity (Wildman–Crippen MR) is 80.5 cm³/mol. The zero-order chi connectivity index (χ0) is 14.8. The topological polar surface area (TPSA) is 71.1 Å². The highest BCUT2D eigenvalue weighted by molar-refractivity contribution is 7.89. The normalized spacial score (nSPS) is 16.9. The molecule has 0 spiro atoms. The molecule has 0 aromatic carbocycles. The minimum Gasteiger partial charge on any atom is -0.372 e. The van der Waals surface area contributed by atoms with Crippen molar-refractivity contribution in [2.75, 3.05) is 12.4 Å². The number of rotatable bonds is 7. The van der Waals surface area contributed by atoms with E-state index in [1.54, 1.807) is 7.05 Å². The molecular formula is C13H20ClN3O2S. The maximum absolute atomic E-state index is 12.3. The Bertz CT molecular complexity index is 573. The molecule has 1 heterocycles. The minimum atomic E-state index is -3.56. The molecule has 7 heteroatoms. The lowest BCUT2D eigenvalue weighted by atomic mass is 10.1. The Morgan fingerprint density at radius 3 is 2.70 bits per heavy atom. The molecule has 2 N–H and O–H groups in total. The number of hydrogen-bond donors (Lipinski definition) is 2. The third kappa shape index (κ3) is 3.84. The van der Waals surface area contributed by atoms with Gasteiger partial charge in [-0.2, -0.15) is 0 Å². The largest absolute Gasteiger partial charge is 0.372 e. The number of aromatic nitrogens is 1. The molecule has 20 heavy (non-hydrogen) atoms. The fourth-order valence-electron chi connectivity index (χ4n) is 2.09. The van der Waals surface area contributed by atoms with Gasteiger partial charge in [-0.3, -0.25) is 0 Å². The van der Waals surface area contributed by atoms with Crippen molar-refractivity contribution in [2.24, 2.45) is 5.92 Å². The second kappa shape index (κ2) is 6.28. The van der Waals surface area contributed by atoms with E-state index in [1.165, 1.54) is 25.1 Å². The van der Waals surface area contributed by atoms with E-state index in [0.29, 0.717) is 16.8 Å². The molecular weight excluding hydrogens is 298 g/mol. The first-order valence-corrected chi connectivity index (χ1v) is 8.68. The van der Waals surface area contributed by atoms with Gasteiger partial charge in [0.1, 0.15) is 10.7 Å². The molecule has 5 nitrogen and oxygen atoms in total. The standard InChI is InChI=1S/C13H20ClN3O2S/c1-3-10(6-9-4-5-9)17-20(18,19)11-7-12(14)13(15-2)16-8-11/h7-10,17H,3-6H2,1-2H3,(H,15,16). The lowest BCUT2D eigenvalue weighted by Crippen LogP contribution is -2.34. The summed E-state index contributed by atoms with van der Waals surface area (Å²) in [7, 11) is -1.88. The summed E-state index contributed by atoms with van der Waals surface area (Å²) in [5.74, 6) is 1.15. The van der Waals surface area contributed by atoms with Crippen LogP contribution in [-0.4, -0.2) is 26.5 Å². The van der Waals surface area contributed by atoms with E-state index in [1.807, 2.05) is 6.92 Å². The highest BCUT2D eigenvalue weighted by Crippen LogP contribution is 2.34. The van der Waals surface area contributed by atoms with Gasteiger partial charge in [0.25, 0.3) is 0 Å². The molecule has 2 rings (SSSR count). The maximum atomic E-state index is 12.3. The predicted octanol–water partition coefficient (Wildman–Crippen LogP) is 2.63. The Morgan fingerprint density at radius 2 is 2.20 bits per heavy atom. The molecule has 1 atom stereocenters. The molecule has 0 radical (unpaired) electrons. The average molecular weight is 318 g/mol. The van der Waals surface area contributed by atoms with Crippen LogP contribution in [0.5, 0.6) is 0 Å². The highest BCUT2D eigenvalue weighted by atomic mass is 35.5. The van der Waals surface area contributed by atoms with Crippen LogP contribution in [0.25, 0.3) is 0 Å². The smallest absolute Gasteiger partial charge is 0.242 e. The minimum absolute atomic E-state index is 0.0183. The third-order valence-electron chi connectivity index (χ3n) is 3.49. The van der Waals surface area contributed by atoms with E-state index in [4.69, 9.17) is 11.6 Å². The van der Waals surface area contributed by atoms with Gasteiger partial charge in [-0.1, -0.05) is 31.4 Å². The molecule has 0 bridgehead atoms. The molecule has 0 amide bonds. The number of sulfonamides is 1. The Kier molecular flexibility index (Phi) is 4.88. The van der Waals surface area contributed by atoms with Crippen molar-refractivity contribution in [2.45, 2.75) is 43.5 Å². The van der Waals surface area contributed by atoms with Gasteiger partial charge in [-0.05, 0) is 24.8 Å². The summed E-state index contributed by atoms with van der Waals surface area (Å²) >= 11 is 5.98. The van der Waals surface area contributed by atoms with Gasteiger partial charge in [0.2, 0.25) is 10.0 Å². The monoisotopic (exact) mass is 317 g/mol. The Morgan fingerprint density at radius 1 is 1.50 bits per heavy atom. The second-order valence-corrected chi connectivity index (χ2v) is 7.28. The number of hydrogen-bond acceptors (Lipinski definition) is 4. The number of pyridine rings is 1. The Labute approximate surface area is 125 Å². The van der Waals surface area contributed by atoms with Gasteiger partial charge in [0, 0.05) is 19.3 Å². The van der Waals surface area contributed by atoms with Crippen molar-refractivity contribution < 1.29 is 8.42 Å². The first kappa shape index (κ1) is 15.5. The molecule has 0 saturated heterocycles. The molecule has 1 aromatic rings. The Hall–Kier alpha value is -0.850. The van der Waals surface area contributed by atoms with E-state index in [0.717, 1.165) is 12.8 Å². The SMILES string of the molecule is CCC(CC1CC1)NS(=O)(=O)c1cnc(NC)c(Cl)c1. The summed E-state index contributed by atoms with van der Waals surface area (Å²) in [4.78, 5) is 4.11. The van der Waals surface area contributed by atoms with Crippen molar-refractivity contribution in [1.82, 2.24) is 9.71 Å². The number of halogens is 1. The molecule has 1 aliphatic carbocycles. The maximum Gasteiger partial charge on any atom is 0.242 e. The molecule has 1 fully saturated rings. The highest BCUT2D eigenvalue weighted by Gasteiger charge is 2.28. The number of nitrogens with one attached hydrogen (secondary N) is 2. The summed E-state index contributed by atoms with van der Waals surface area (Å²) in [6.07, 6.45) is 5.44.